The summed E-state index contributed by atoms with van der Waals surface area (Å²) in [5, 5.41) is 2.65. The minimum absolute atomic E-state index is 0.0787. The average Bonchev–Trinajstić information content (AvgIpc) is 2.55. The number of nitrogens with one attached hydrogen (secondary N) is 2. The van der Waals surface area contributed by atoms with Crippen molar-refractivity contribution >= 4 is 27.8 Å². The quantitative estimate of drug-likeness (QED) is 0.798. The molecule has 2 N–H and O–H groups in total. The highest BCUT2D eigenvalue weighted by Gasteiger charge is 2.18. The lowest BCUT2D eigenvalue weighted by molar-refractivity contribution is -0.116. The SMILES string of the molecule is CC(C)C(Br)C(=O)Nc1ncc[nH]1. The lowest BCUT2D eigenvalue weighted by Gasteiger charge is -2.11. The van der Waals surface area contributed by atoms with Crippen molar-refractivity contribution in [2.45, 2.75) is 18.7 Å². The number of alkyl halides is 1. The van der Waals surface area contributed by atoms with E-state index in [4.69, 9.17) is 0 Å². The number of anilines is 1. The number of nitrogens with zero attached hydrogens (tertiary/aromatic N) is 1. The molecule has 1 aromatic heterocycles. The minimum Gasteiger partial charge on any atom is -0.331 e. The third-order valence-corrected chi connectivity index (χ3v) is 3.05. The maximum absolute atomic E-state index is 11.4. The molecule has 5 heteroatoms. The Balaban J connectivity index is 2.51. The zero-order valence-electron chi connectivity index (χ0n) is 7.54. The van der Waals surface area contributed by atoms with Crippen LogP contribution in [0.25, 0.3) is 0 Å². The highest BCUT2D eigenvalue weighted by Crippen LogP contribution is 2.13. The highest BCUT2D eigenvalue weighted by atomic mass is 79.9. The standard InChI is InChI=1S/C8H12BrN3O/c1-5(2)6(9)7(13)12-8-10-3-4-11-8/h3-6H,1-2H3,(H2,10,11,12,13). The van der Waals surface area contributed by atoms with Crippen molar-refractivity contribution in [1.29, 1.82) is 0 Å². The van der Waals surface area contributed by atoms with E-state index in [1.165, 1.54) is 0 Å². The van der Waals surface area contributed by atoms with E-state index in [9.17, 15) is 4.79 Å². The number of aromatic amines is 1. The van der Waals surface area contributed by atoms with Crippen LogP contribution in [0.15, 0.2) is 12.4 Å². The van der Waals surface area contributed by atoms with Gasteiger partial charge in [-0.2, -0.15) is 0 Å². The fraction of sp³-hybridized carbons (Fsp3) is 0.500. The van der Waals surface area contributed by atoms with Crippen LogP contribution in [0, 0.1) is 5.92 Å². The molecule has 0 aliphatic rings. The summed E-state index contributed by atoms with van der Waals surface area (Å²) in [5.74, 6) is 0.662. The third kappa shape index (κ3) is 2.84. The fourth-order valence-electron chi connectivity index (χ4n) is 0.822. The summed E-state index contributed by atoms with van der Waals surface area (Å²) >= 11 is 3.30. The largest absolute Gasteiger partial charge is 0.331 e. The van der Waals surface area contributed by atoms with Crippen LogP contribution in [0.5, 0.6) is 0 Å². The molecule has 0 saturated carbocycles. The number of imidazole rings is 1. The van der Waals surface area contributed by atoms with Crippen LogP contribution in [0.2, 0.25) is 0 Å². The van der Waals surface area contributed by atoms with E-state index in [0.717, 1.165) is 0 Å². The Hall–Kier alpha value is -0.840. The molecule has 0 saturated heterocycles. The Bertz CT molecular complexity index is 271. The lowest BCUT2D eigenvalue weighted by Crippen LogP contribution is -2.27. The molecule has 13 heavy (non-hydrogen) atoms. The Morgan fingerprint density at radius 2 is 2.38 bits per heavy atom. The number of hydrogen-bond acceptors (Lipinski definition) is 2. The van der Waals surface area contributed by atoms with Gasteiger partial charge in [-0.15, -0.1) is 0 Å². The van der Waals surface area contributed by atoms with E-state index < -0.39 is 0 Å². The summed E-state index contributed by atoms with van der Waals surface area (Å²) in [5.41, 5.74) is 0. The smallest absolute Gasteiger partial charge is 0.240 e. The summed E-state index contributed by atoms with van der Waals surface area (Å²) in [4.78, 5) is 17.9. The molecule has 0 aliphatic heterocycles. The first kappa shape index (κ1) is 10.2. The summed E-state index contributed by atoms with van der Waals surface area (Å²) in [6, 6.07) is 0. The van der Waals surface area contributed by atoms with Crippen molar-refractivity contribution < 1.29 is 4.79 Å². The Labute approximate surface area is 85.3 Å². The topological polar surface area (TPSA) is 57.8 Å². The van der Waals surface area contributed by atoms with Crippen molar-refractivity contribution in [1.82, 2.24) is 9.97 Å². The molecular weight excluding hydrogens is 234 g/mol. The average molecular weight is 246 g/mol. The first-order valence-electron chi connectivity index (χ1n) is 4.05. The Morgan fingerprint density at radius 3 is 2.85 bits per heavy atom. The minimum atomic E-state index is -0.183. The number of carbonyl (C=O) groups excluding carboxylic acids is 1. The van der Waals surface area contributed by atoms with Gasteiger partial charge in [0.2, 0.25) is 11.9 Å². The molecule has 1 rings (SSSR count). The predicted octanol–water partition coefficient (Wildman–Crippen LogP) is 1.77. The molecule has 4 nitrogen and oxygen atoms in total. The van der Waals surface area contributed by atoms with Crippen LogP contribution in [0.1, 0.15) is 13.8 Å². The van der Waals surface area contributed by atoms with E-state index >= 15 is 0 Å². The molecule has 72 valence electrons. The fourth-order valence-corrected chi connectivity index (χ4v) is 0.936. The van der Waals surface area contributed by atoms with Crippen molar-refractivity contribution in [2.75, 3.05) is 5.32 Å². The van der Waals surface area contributed by atoms with E-state index in [1.54, 1.807) is 12.4 Å². The molecule has 1 heterocycles. The van der Waals surface area contributed by atoms with Gasteiger partial charge in [-0.05, 0) is 5.92 Å². The molecule has 0 radical (unpaired) electrons. The summed E-state index contributed by atoms with van der Waals surface area (Å²) in [7, 11) is 0. The van der Waals surface area contributed by atoms with E-state index in [2.05, 4.69) is 31.2 Å². The molecule has 0 bridgehead atoms. The number of halogens is 1. The van der Waals surface area contributed by atoms with Gasteiger partial charge in [-0.3, -0.25) is 10.1 Å². The Kier molecular flexibility index (Phi) is 3.48. The molecular formula is C8H12BrN3O. The predicted molar refractivity (Wildman–Crippen MR) is 54.8 cm³/mol. The zero-order chi connectivity index (χ0) is 9.84. The summed E-state index contributed by atoms with van der Waals surface area (Å²) < 4.78 is 0. The van der Waals surface area contributed by atoms with Gasteiger partial charge in [0, 0.05) is 12.4 Å². The number of H-pyrrole nitrogens is 1. The van der Waals surface area contributed by atoms with Crippen molar-refractivity contribution in [3.8, 4) is 0 Å². The lowest BCUT2D eigenvalue weighted by atomic mass is 10.1. The third-order valence-electron chi connectivity index (χ3n) is 1.58. The monoisotopic (exact) mass is 245 g/mol. The first-order chi connectivity index (χ1) is 6.11. The van der Waals surface area contributed by atoms with Crippen LogP contribution in [0.3, 0.4) is 0 Å². The molecule has 0 aromatic carbocycles. The van der Waals surface area contributed by atoms with Crippen LogP contribution >= 0.6 is 15.9 Å². The molecule has 1 amide bonds. The summed E-state index contributed by atoms with van der Waals surface area (Å²) in [6.07, 6.45) is 3.25. The van der Waals surface area contributed by atoms with Crippen molar-refractivity contribution in [3.63, 3.8) is 0 Å². The van der Waals surface area contributed by atoms with Gasteiger partial charge >= 0.3 is 0 Å². The normalized spacial score (nSPS) is 12.9. The van der Waals surface area contributed by atoms with Crippen LogP contribution in [-0.2, 0) is 4.79 Å². The first-order valence-corrected chi connectivity index (χ1v) is 4.97. The number of carbonyl (C=O) groups is 1. The van der Waals surface area contributed by atoms with Gasteiger partial charge in [0.1, 0.15) is 0 Å². The number of aromatic nitrogens is 2. The maximum atomic E-state index is 11.4. The second kappa shape index (κ2) is 4.41. The van der Waals surface area contributed by atoms with Crippen LogP contribution in [-0.4, -0.2) is 20.7 Å². The zero-order valence-corrected chi connectivity index (χ0v) is 9.13. The van der Waals surface area contributed by atoms with E-state index in [0.29, 0.717) is 5.95 Å². The van der Waals surface area contributed by atoms with Gasteiger partial charge < -0.3 is 4.98 Å². The van der Waals surface area contributed by atoms with E-state index in [-0.39, 0.29) is 16.7 Å². The highest BCUT2D eigenvalue weighted by molar-refractivity contribution is 9.10. The number of hydrogen-bond donors (Lipinski definition) is 2. The van der Waals surface area contributed by atoms with Gasteiger partial charge in [-0.25, -0.2) is 4.98 Å². The number of rotatable bonds is 3. The second-order valence-corrected chi connectivity index (χ2v) is 4.06. The van der Waals surface area contributed by atoms with Gasteiger partial charge in [0.05, 0.1) is 4.83 Å². The van der Waals surface area contributed by atoms with Crippen molar-refractivity contribution in [3.05, 3.63) is 12.4 Å². The van der Waals surface area contributed by atoms with Gasteiger partial charge in [0.25, 0.3) is 0 Å². The van der Waals surface area contributed by atoms with Gasteiger partial charge in [-0.1, -0.05) is 29.8 Å². The second-order valence-electron chi connectivity index (χ2n) is 3.07. The molecule has 0 aliphatic carbocycles. The molecule has 1 unspecified atom stereocenters. The summed E-state index contributed by atoms with van der Waals surface area (Å²) in [6.45, 7) is 3.95. The molecule has 1 aromatic rings. The molecule has 0 fully saturated rings. The number of amides is 1. The van der Waals surface area contributed by atoms with Gasteiger partial charge in [0.15, 0.2) is 0 Å². The van der Waals surface area contributed by atoms with Crippen LogP contribution < -0.4 is 5.32 Å². The maximum Gasteiger partial charge on any atom is 0.240 e. The van der Waals surface area contributed by atoms with E-state index in [1.807, 2.05) is 13.8 Å². The van der Waals surface area contributed by atoms with Crippen molar-refractivity contribution in [2.24, 2.45) is 5.92 Å². The molecule has 0 spiro atoms. The Morgan fingerprint density at radius 1 is 1.69 bits per heavy atom. The van der Waals surface area contributed by atoms with Crippen LogP contribution in [0.4, 0.5) is 5.95 Å². The molecule has 1 atom stereocenters.